The smallest absolute Gasteiger partial charge is 0.269 e. The minimum atomic E-state index is -0.410. The molecule has 2 rings (SSSR count). The molecule has 2 aromatic carbocycles. The van der Waals surface area contributed by atoms with Crippen LogP contribution in [0.5, 0.6) is 5.75 Å². The molecule has 0 aliphatic carbocycles. The van der Waals surface area contributed by atoms with Gasteiger partial charge in [0.1, 0.15) is 5.75 Å². The van der Waals surface area contributed by atoms with Crippen LogP contribution in [-0.2, 0) is 6.42 Å². The summed E-state index contributed by atoms with van der Waals surface area (Å²) in [7, 11) is 0. The van der Waals surface area contributed by atoms with Crippen molar-refractivity contribution in [2.75, 3.05) is 6.61 Å². The lowest BCUT2D eigenvalue weighted by Crippen LogP contribution is -2.01. The van der Waals surface area contributed by atoms with Gasteiger partial charge in [-0.05, 0) is 23.8 Å². The first kappa shape index (κ1) is 13.4. The molecule has 0 heterocycles. The second kappa shape index (κ2) is 6.20. The minimum Gasteiger partial charge on any atom is -0.493 e. The first-order chi connectivity index (χ1) is 9.15. The summed E-state index contributed by atoms with van der Waals surface area (Å²) in [6.45, 7) is 0.498. The highest BCUT2D eigenvalue weighted by atomic mass is 35.5. The van der Waals surface area contributed by atoms with Gasteiger partial charge in [0.2, 0.25) is 0 Å². The van der Waals surface area contributed by atoms with Gasteiger partial charge in [0.15, 0.2) is 0 Å². The third kappa shape index (κ3) is 3.96. The number of benzene rings is 2. The Kier molecular flexibility index (Phi) is 4.36. The Labute approximate surface area is 115 Å². The topological polar surface area (TPSA) is 52.4 Å². The maximum atomic E-state index is 10.5. The van der Waals surface area contributed by atoms with E-state index in [1.54, 1.807) is 24.3 Å². The summed E-state index contributed by atoms with van der Waals surface area (Å²) in [5, 5.41) is 11.1. The molecule has 0 aliphatic heterocycles. The van der Waals surface area contributed by atoms with Crippen molar-refractivity contribution in [3.8, 4) is 5.75 Å². The number of non-ortho nitro benzene ring substituents is 1. The van der Waals surface area contributed by atoms with Crippen LogP contribution in [0.15, 0.2) is 48.5 Å². The summed E-state index contributed by atoms with van der Waals surface area (Å²) in [5.41, 5.74) is 1.09. The van der Waals surface area contributed by atoms with E-state index in [1.165, 1.54) is 12.1 Å². The molecule has 19 heavy (non-hydrogen) atoms. The molecule has 0 aromatic heterocycles. The molecule has 0 aliphatic rings. The van der Waals surface area contributed by atoms with Crippen molar-refractivity contribution in [1.29, 1.82) is 0 Å². The Morgan fingerprint density at radius 3 is 2.53 bits per heavy atom. The molecule has 0 bridgehead atoms. The number of rotatable bonds is 5. The lowest BCUT2D eigenvalue weighted by molar-refractivity contribution is -0.384. The molecule has 0 spiro atoms. The Hall–Kier alpha value is -2.07. The number of hydrogen-bond acceptors (Lipinski definition) is 3. The maximum absolute atomic E-state index is 10.5. The van der Waals surface area contributed by atoms with Crippen molar-refractivity contribution in [3.05, 3.63) is 69.2 Å². The standard InChI is InChI=1S/C14H12ClNO3/c15-12-2-1-3-14(10-12)19-9-8-11-4-6-13(7-5-11)16(17)18/h1-7,10H,8-9H2. The van der Waals surface area contributed by atoms with Gasteiger partial charge in [-0.2, -0.15) is 0 Å². The molecule has 0 saturated carbocycles. The highest BCUT2D eigenvalue weighted by Gasteiger charge is 2.03. The first-order valence-corrected chi connectivity index (χ1v) is 6.14. The van der Waals surface area contributed by atoms with E-state index in [0.29, 0.717) is 18.1 Å². The average Bonchev–Trinajstić information content (AvgIpc) is 2.39. The zero-order chi connectivity index (χ0) is 13.7. The summed E-state index contributed by atoms with van der Waals surface area (Å²) in [4.78, 5) is 10.1. The van der Waals surface area contributed by atoms with Gasteiger partial charge in [-0.25, -0.2) is 0 Å². The number of nitro benzene ring substituents is 1. The third-order valence-corrected chi connectivity index (χ3v) is 2.84. The fourth-order valence-corrected chi connectivity index (χ4v) is 1.81. The third-order valence-electron chi connectivity index (χ3n) is 2.60. The van der Waals surface area contributed by atoms with Gasteiger partial charge in [0, 0.05) is 23.6 Å². The Bertz CT molecular complexity index is 569. The molecule has 0 saturated heterocycles. The van der Waals surface area contributed by atoms with Crippen molar-refractivity contribution in [3.63, 3.8) is 0 Å². The molecular formula is C14H12ClNO3. The van der Waals surface area contributed by atoms with E-state index >= 15 is 0 Å². The molecule has 0 unspecified atom stereocenters. The number of nitro groups is 1. The van der Waals surface area contributed by atoms with Crippen LogP contribution in [0, 0.1) is 10.1 Å². The monoisotopic (exact) mass is 277 g/mol. The van der Waals surface area contributed by atoms with Gasteiger partial charge in [-0.1, -0.05) is 29.8 Å². The first-order valence-electron chi connectivity index (χ1n) is 5.77. The fraction of sp³-hybridized carbons (Fsp3) is 0.143. The number of halogens is 1. The van der Waals surface area contributed by atoms with E-state index in [-0.39, 0.29) is 5.69 Å². The van der Waals surface area contributed by atoms with Crippen LogP contribution in [0.2, 0.25) is 5.02 Å². The van der Waals surface area contributed by atoms with Gasteiger partial charge in [-0.15, -0.1) is 0 Å². The highest BCUT2D eigenvalue weighted by molar-refractivity contribution is 6.30. The van der Waals surface area contributed by atoms with Crippen molar-refractivity contribution in [1.82, 2.24) is 0 Å². The van der Waals surface area contributed by atoms with Gasteiger partial charge < -0.3 is 4.74 Å². The fourth-order valence-electron chi connectivity index (χ4n) is 1.63. The normalized spacial score (nSPS) is 10.2. The number of nitrogens with zero attached hydrogens (tertiary/aromatic N) is 1. The maximum Gasteiger partial charge on any atom is 0.269 e. The van der Waals surface area contributed by atoms with Crippen molar-refractivity contribution >= 4 is 17.3 Å². The van der Waals surface area contributed by atoms with E-state index in [0.717, 1.165) is 11.3 Å². The predicted molar refractivity (Wildman–Crippen MR) is 73.7 cm³/mol. The van der Waals surface area contributed by atoms with Crippen LogP contribution in [-0.4, -0.2) is 11.5 Å². The Morgan fingerprint density at radius 1 is 1.16 bits per heavy atom. The van der Waals surface area contributed by atoms with Crippen LogP contribution >= 0.6 is 11.6 Å². The predicted octanol–water partition coefficient (Wildman–Crippen LogP) is 3.87. The van der Waals surface area contributed by atoms with Crippen molar-refractivity contribution < 1.29 is 9.66 Å². The molecule has 0 atom stereocenters. The van der Waals surface area contributed by atoms with E-state index in [1.807, 2.05) is 12.1 Å². The van der Waals surface area contributed by atoms with E-state index in [4.69, 9.17) is 16.3 Å². The summed E-state index contributed by atoms with van der Waals surface area (Å²) in [6, 6.07) is 13.6. The van der Waals surface area contributed by atoms with Gasteiger partial charge in [0.25, 0.3) is 5.69 Å². The van der Waals surface area contributed by atoms with Crippen LogP contribution in [0.3, 0.4) is 0 Å². The van der Waals surface area contributed by atoms with Gasteiger partial charge in [0.05, 0.1) is 11.5 Å². The highest BCUT2D eigenvalue weighted by Crippen LogP contribution is 2.17. The molecule has 0 amide bonds. The van der Waals surface area contributed by atoms with Crippen molar-refractivity contribution in [2.24, 2.45) is 0 Å². The number of hydrogen-bond donors (Lipinski definition) is 0. The van der Waals surface area contributed by atoms with Crippen LogP contribution in [0.1, 0.15) is 5.56 Å². The summed E-state index contributed by atoms with van der Waals surface area (Å²) in [6.07, 6.45) is 0.685. The molecule has 98 valence electrons. The van der Waals surface area contributed by atoms with Gasteiger partial charge >= 0.3 is 0 Å². The van der Waals surface area contributed by atoms with Crippen molar-refractivity contribution in [2.45, 2.75) is 6.42 Å². The van der Waals surface area contributed by atoms with Crippen LogP contribution < -0.4 is 4.74 Å². The molecule has 2 aromatic rings. The molecular weight excluding hydrogens is 266 g/mol. The molecule has 0 radical (unpaired) electrons. The largest absolute Gasteiger partial charge is 0.493 e. The van der Waals surface area contributed by atoms with Gasteiger partial charge in [-0.3, -0.25) is 10.1 Å². The lowest BCUT2D eigenvalue weighted by Gasteiger charge is -2.06. The summed E-state index contributed by atoms with van der Waals surface area (Å²) < 4.78 is 5.55. The van der Waals surface area contributed by atoms with E-state index < -0.39 is 4.92 Å². The zero-order valence-electron chi connectivity index (χ0n) is 10.1. The minimum absolute atomic E-state index is 0.0968. The molecule has 4 nitrogen and oxygen atoms in total. The lowest BCUT2D eigenvalue weighted by atomic mass is 10.1. The van der Waals surface area contributed by atoms with Crippen LogP contribution in [0.25, 0.3) is 0 Å². The summed E-state index contributed by atoms with van der Waals surface area (Å²) >= 11 is 5.84. The molecule has 5 heteroatoms. The summed E-state index contributed by atoms with van der Waals surface area (Å²) in [5.74, 6) is 0.717. The second-order valence-electron chi connectivity index (χ2n) is 3.98. The van der Waals surface area contributed by atoms with Crippen LogP contribution in [0.4, 0.5) is 5.69 Å². The number of ether oxygens (including phenoxy) is 1. The quantitative estimate of drug-likeness (QED) is 0.616. The molecule has 0 N–H and O–H groups in total. The average molecular weight is 278 g/mol. The van der Waals surface area contributed by atoms with E-state index in [9.17, 15) is 10.1 Å². The zero-order valence-corrected chi connectivity index (χ0v) is 10.8. The molecule has 0 fully saturated rings. The van der Waals surface area contributed by atoms with E-state index in [2.05, 4.69) is 0 Å². The Morgan fingerprint density at radius 2 is 1.89 bits per heavy atom. The second-order valence-corrected chi connectivity index (χ2v) is 4.42. The SMILES string of the molecule is O=[N+]([O-])c1ccc(CCOc2cccc(Cl)c2)cc1. The Balaban J connectivity index is 1.87.